The SMILES string of the molecule is COc1ccc(N=N[N+](=[N-])N=Nc2ccccc2)cc1. The predicted octanol–water partition coefficient (Wildman–Crippen LogP) is 4.43. The average molecular weight is 268 g/mol. The van der Waals surface area contributed by atoms with Gasteiger partial charge < -0.3 is 4.74 Å². The fraction of sp³-hybridized carbons (Fsp3) is 0.0769. The number of hydrogen-bond donors (Lipinski definition) is 0. The number of benzene rings is 2. The molecule has 0 bridgehead atoms. The van der Waals surface area contributed by atoms with Crippen molar-refractivity contribution in [1.29, 1.82) is 0 Å². The van der Waals surface area contributed by atoms with E-state index in [0.29, 0.717) is 22.0 Å². The quantitative estimate of drug-likeness (QED) is 0.448. The van der Waals surface area contributed by atoms with E-state index < -0.39 is 0 Å². The number of nitrogens with zero attached hydrogens (tertiary/aromatic N) is 6. The van der Waals surface area contributed by atoms with Gasteiger partial charge in [-0.1, -0.05) is 33.3 Å². The van der Waals surface area contributed by atoms with Crippen molar-refractivity contribution in [2.45, 2.75) is 0 Å². The Bertz CT molecular complexity index is 621. The minimum atomic E-state index is 0.303. The molecule has 2 aromatic rings. The van der Waals surface area contributed by atoms with Gasteiger partial charge in [-0.3, -0.25) is 0 Å². The second-order valence-electron chi connectivity index (χ2n) is 3.68. The number of hydrogen-bond acceptors (Lipinski definition) is 3. The maximum absolute atomic E-state index is 9.36. The summed E-state index contributed by atoms with van der Waals surface area (Å²) in [6.07, 6.45) is 0. The van der Waals surface area contributed by atoms with Gasteiger partial charge in [-0.05, 0) is 46.8 Å². The summed E-state index contributed by atoms with van der Waals surface area (Å²) in [6, 6.07) is 15.9. The Kier molecular flexibility index (Phi) is 4.60. The molecule has 0 saturated carbocycles. The Labute approximate surface area is 115 Å². The fourth-order valence-electron chi connectivity index (χ4n) is 1.34. The van der Waals surface area contributed by atoms with Gasteiger partial charge in [-0.2, -0.15) is 5.53 Å². The Balaban J connectivity index is 1.96. The van der Waals surface area contributed by atoms with Crippen LogP contribution in [0.1, 0.15) is 0 Å². The first-order chi connectivity index (χ1) is 9.78. The summed E-state index contributed by atoms with van der Waals surface area (Å²) in [7, 11) is 1.58. The Morgan fingerprint density at radius 1 is 0.850 bits per heavy atom. The minimum absolute atomic E-state index is 0.303. The molecule has 20 heavy (non-hydrogen) atoms. The van der Waals surface area contributed by atoms with Gasteiger partial charge in [0.25, 0.3) is 0 Å². The number of methoxy groups -OCH3 is 1. The molecule has 0 aliphatic carbocycles. The molecule has 0 aromatic heterocycles. The molecular formula is C13H12N6O. The van der Waals surface area contributed by atoms with Crippen molar-refractivity contribution >= 4 is 11.4 Å². The van der Waals surface area contributed by atoms with Crippen molar-refractivity contribution in [3.63, 3.8) is 0 Å². The van der Waals surface area contributed by atoms with Crippen molar-refractivity contribution < 1.29 is 9.65 Å². The smallest absolute Gasteiger partial charge is 0.148 e. The monoisotopic (exact) mass is 268 g/mol. The van der Waals surface area contributed by atoms with E-state index in [-0.39, 0.29) is 0 Å². The van der Waals surface area contributed by atoms with E-state index in [1.54, 1.807) is 43.5 Å². The standard InChI is InChI=1S/C13H12N6O/c1-20-13-9-7-12(8-10-13)16-18-19(14)17-15-11-5-3-2-4-6-11/h2-10H,1H3. The summed E-state index contributed by atoms with van der Waals surface area (Å²) in [5.74, 6) is 0.716. The third kappa shape index (κ3) is 4.05. The van der Waals surface area contributed by atoms with E-state index >= 15 is 0 Å². The molecule has 0 heterocycles. The zero-order valence-electron chi connectivity index (χ0n) is 10.8. The molecule has 0 N–H and O–H groups in total. The molecule has 7 nitrogen and oxygen atoms in total. The molecule has 2 rings (SSSR count). The fourth-order valence-corrected chi connectivity index (χ4v) is 1.34. The van der Waals surface area contributed by atoms with Crippen LogP contribution < -0.4 is 4.74 Å². The lowest BCUT2D eigenvalue weighted by molar-refractivity contribution is -0.575. The van der Waals surface area contributed by atoms with Crippen LogP contribution in [0.25, 0.3) is 5.53 Å². The van der Waals surface area contributed by atoms with Gasteiger partial charge in [0.15, 0.2) is 0 Å². The zero-order valence-corrected chi connectivity index (χ0v) is 10.8. The first kappa shape index (κ1) is 13.5. The van der Waals surface area contributed by atoms with Gasteiger partial charge in [0.1, 0.15) is 17.1 Å². The third-order valence-corrected chi connectivity index (χ3v) is 2.31. The van der Waals surface area contributed by atoms with Crippen LogP contribution in [0.5, 0.6) is 5.75 Å². The van der Waals surface area contributed by atoms with E-state index in [9.17, 15) is 5.53 Å². The highest BCUT2D eigenvalue weighted by atomic mass is 16.5. The number of rotatable bonds is 5. The normalized spacial score (nSPS) is 11.1. The largest absolute Gasteiger partial charge is 0.497 e. The van der Waals surface area contributed by atoms with Crippen molar-refractivity contribution in [2.24, 2.45) is 20.7 Å². The molecule has 2 aromatic carbocycles. The van der Waals surface area contributed by atoms with Crippen molar-refractivity contribution in [3.05, 3.63) is 60.1 Å². The van der Waals surface area contributed by atoms with Crippen LogP contribution in [0.4, 0.5) is 11.4 Å². The first-order valence-corrected chi connectivity index (χ1v) is 5.79. The highest BCUT2D eigenvalue weighted by Crippen LogP contribution is 2.18. The zero-order chi connectivity index (χ0) is 14.2. The summed E-state index contributed by atoms with van der Waals surface area (Å²) in [6.45, 7) is 0. The van der Waals surface area contributed by atoms with E-state index in [0.717, 1.165) is 0 Å². The average Bonchev–Trinajstić information content (AvgIpc) is 2.52. The Morgan fingerprint density at radius 3 is 1.95 bits per heavy atom. The van der Waals surface area contributed by atoms with E-state index in [1.807, 2.05) is 18.2 Å². The molecule has 0 unspecified atom stereocenters. The molecule has 0 aliphatic rings. The van der Waals surface area contributed by atoms with Gasteiger partial charge in [0, 0.05) is 0 Å². The van der Waals surface area contributed by atoms with Gasteiger partial charge in [0.2, 0.25) is 0 Å². The molecule has 0 aliphatic heterocycles. The minimum Gasteiger partial charge on any atom is -0.497 e. The van der Waals surface area contributed by atoms with Crippen LogP contribution in [0, 0.1) is 0 Å². The highest BCUT2D eigenvalue weighted by molar-refractivity contribution is 5.40. The van der Waals surface area contributed by atoms with Crippen molar-refractivity contribution in [3.8, 4) is 5.75 Å². The molecule has 0 radical (unpaired) electrons. The van der Waals surface area contributed by atoms with E-state index in [2.05, 4.69) is 20.7 Å². The first-order valence-electron chi connectivity index (χ1n) is 5.79. The van der Waals surface area contributed by atoms with Crippen LogP contribution in [0.15, 0.2) is 75.3 Å². The van der Waals surface area contributed by atoms with E-state index in [4.69, 9.17) is 4.74 Å². The van der Waals surface area contributed by atoms with Crippen LogP contribution in [0.3, 0.4) is 0 Å². The lowest BCUT2D eigenvalue weighted by Crippen LogP contribution is -1.83. The topological polar surface area (TPSA) is 84.0 Å². The third-order valence-electron chi connectivity index (χ3n) is 2.31. The second-order valence-corrected chi connectivity index (χ2v) is 3.68. The molecule has 0 atom stereocenters. The molecule has 7 heteroatoms. The summed E-state index contributed by atoms with van der Waals surface area (Å²) in [5, 5.41) is 14.5. The molecule has 0 fully saturated rings. The number of ether oxygens (including phenoxy) is 1. The maximum Gasteiger partial charge on any atom is 0.148 e. The molecule has 0 saturated heterocycles. The summed E-state index contributed by atoms with van der Waals surface area (Å²) < 4.78 is 5.02. The summed E-state index contributed by atoms with van der Waals surface area (Å²) in [5.41, 5.74) is 10.5. The van der Waals surface area contributed by atoms with Crippen LogP contribution in [-0.2, 0) is 0 Å². The highest BCUT2D eigenvalue weighted by Gasteiger charge is 1.94. The Hall–Kier alpha value is -2.96. The molecule has 0 amide bonds. The Morgan fingerprint density at radius 2 is 1.40 bits per heavy atom. The van der Waals surface area contributed by atoms with Crippen LogP contribution >= 0.6 is 0 Å². The van der Waals surface area contributed by atoms with E-state index in [1.165, 1.54) is 0 Å². The van der Waals surface area contributed by atoms with Crippen LogP contribution in [-0.4, -0.2) is 12.0 Å². The maximum atomic E-state index is 9.36. The van der Waals surface area contributed by atoms with Gasteiger partial charge in [-0.25, -0.2) is 0 Å². The lowest BCUT2D eigenvalue weighted by Gasteiger charge is -1.97. The molecule has 0 spiro atoms. The molecular weight excluding hydrogens is 256 g/mol. The lowest BCUT2D eigenvalue weighted by atomic mass is 10.3. The second kappa shape index (κ2) is 6.83. The molecule has 100 valence electrons. The summed E-state index contributed by atoms with van der Waals surface area (Å²) in [4.78, 5) is 0.303. The van der Waals surface area contributed by atoms with Crippen LogP contribution in [0.2, 0.25) is 0 Å². The predicted molar refractivity (Wildman–Crippen MR) is 72.1 cm³/mol. The van der Waals surface area contributed by atoms with Crippen molar-refractivity contribution in [1.82, 2.24) is 0 Å². The van der Waals surface area contributed by atoms with Gasteiger partial charge >= 0.3 is 0 Å². The van der Waals surface area contributed by atoms with Crippen molar-refractivity contribution in [2.75, 3.05) is 7.11 Å². The van der Waals surface area contributed by atoms with Gasteiger partial charge in [-0.15, -0.1) is 0 Å². The van der Waals surface area contributed by atoms with Gasteiger partial charge in [0.05, 0.1) is 7.11 Å². The summed E-state index contributed by atoms with van der Waals surface area (Å²) >= 11 is 0.